The van der Waals surface area contributed by atoms with E-state index in [-0.39, 0.29) is 0 Å². The Bertz CT molecular complexity index is 537. The molecule has 0 bridgehead atoms. The zero-order valence-corrected chi connectivity index (χ0v) is 10.5. The van der Waals surface area contributed by atoms with Gasteiger partial charge in [0.25, 0.3) is 0 Å². The lowest BCUT2D eigenvalue weighted by atomic mass is 10.3. The van der Waals surface area contributed by atoms with E-state index in [2.05, 4.69) is 4.98 Å². The molecule has 1 aromatic carbocycles. The second-order valence-corrected chi connectivity index (χ2v) is 4.08. The van der Waals surface area contributed by atoms with Gasteiger partial charge in [0.2, 0.25) is 0 Å². The van der Waals surface area contributed by atoms with Crippen molar-refractivity contribution in [3.8, 4) is 11.4 Å². The normalized spacial score (nSPS) is 10.6. The molecule has 0 saturated carbocycles. The van der Waals surface area contributed by atoms with E-state index in [9.17, 15) is 0 Å². The number of ether oxygens (including phenoxy) is 1. The number of benzene rings is 1. The number of nitrogens with two attached hydrogens (primary N) is 1. The molecular formula is C12H14ClN3O. The average molecular weight is 252 g/mol. The predicted molar refractivity (Wildman–Crippen MR) is 67.8 cm³/mol. The first-order valence-corrected chi connectivity index (χ1v) is 5.62. The van der Waals surface area contributed by atoms with E-state index >= 15 is 0 Å². The highest BCUT2D eigenvalue weighted by Gasteiger charge is 2.07. The monoisotopic (exact) mass is 251 g/mol. The van der Waals surface area contributed by atoms with Crippen LogP contribution >= 0.6 is 11.6 Å². The maximum atomic E-state index is 6.09. The molecular weight excluding hydrogens is 238 g/mol. The molecule has 5 heteroatoms. The lowest BCUT2D eigenvalue weighted by Gasteiger charge is -2.08. The largest absolute Gasteiger partial charge is 0.495 e. The fraction of sp³-hybridized carbons (Fsp3) is 0.250. The predicted octanol–water partition coefficient (Wildman–Crippen LogP) is 2.30. The third-order valence-electron chi connectivity index (χ3n) is 2.55. The summed E-state index contributed by atoms with van der Waals surface area (Å²) in [5, 5.41) is 0.576. The van der Waals surface area contributed by atoms with Gasteiger partial charge in [0.15, 0.2) is 0 Å². The topological polar surface area (TPSA) is 53.1 Å². The van der Waals surface area contributed by atoms with Crippen LogP contribution in [0.2, 0.25) is 5.02 Å². The van der Waals surface area contributed by atoms with Crippen LogP contribution in [0.3, 0.4) is 0 Å². The fourth-order valence-corrected chi connectivity index (χ4v) is 1.95. The summed E-state index contributed by atoms with van der Waals surface area (Å²) in [4.78, 5) is 4.34. The van der Waals surface area contributed by atoms with Crippen LogP contribution in [0.4, 0.5) is 0 Å². The molecule has 2 aromatic rings. The highest BCUT2D eigenvalue weighted by molar-refractivity contribution is 6.32. The Kier molecular flexibility index (Phi) is 3.36. The zero-order valence-electron chi connectivity index (χ0n) is 9.77. The van der Waals surface area contributed by atoms with Crippen molar-refractivity contribution in [2.75, 3.05) is 7.11 Å². The second-order valence-electron chi connectivity index (χ2n) is 3.67. The molecule has 0 radical (unpaired) electrons. The molecule has 90 valence electrons. The van der Waals surface area contributed by atoms with Gasteiger partial charge < -0.3 is 15.0 Å². The number of imidazole rings is 1. The van der Waals surface area contributed by atoms with Crippen molar-refractivity contribution in [1.82, 2.24) is 9.55 Å². The summed E-state index contributed by atoms with van der Waals surface area (Å²) in [7, 11) is 1.59. The Hall–Kier alpha value is -1.52. The molecule has 0 atom stereocenters. The van der Waals surface area contributed by atoms with E-state index in [4.69, 9.17) is 22.1 Å². The molecule has 2 N–H and O–H groups in total. The van der Waals surface area contributed by atoms with Crippen LogP contribution in [0.25, 0.3) is 5.69 Å². The summed E-state index contributed by atoms with van der Waals surface area (Å²) in [5.41, 5.74) is 7.36. The first-order chi connectivity index (χ1) is 8.15. The van der Waals surface area contributed by atoms with E-state index in [0.717, 1.165) is 17.2 Å². The number of aromatic nitrogens is 2. The van der Waals surface area contributed by atoms with Crippen LogP contribution in [-0.4, -0.2) is 16.7 Å². The van der Waals surface area contributed by atoms with Gasteiger partial charge in [-0.1, -0.05) is 11.6 Å². The summed E-state index contributed by atoms with van der Waals surface area (Å²) in [6.07, 6.45) is 1.91. The van der Waals surface area contributed by atoms with E-state index in [1.165, 1.54) is 0 Å². The first kappa shape index (κ1) is 12.0. The summed E-state index contributed by atoms with van der Waals surface area (Å²) < 4.78 is 7.07. The van der Waals surface area contributed by atoms with Gasteiger partial charge in [-0.3, -0.25) is 0 Å². The Labute approximate surface area is 105 Å². The second kappa shape index (κ2) is 4.77. The van der Waals surface area contributed by atoms with Gasteiger partial charge in [0.1, 0.15) is 11.6 Å². The molecule has 0 saturated heterocycles. The van der Waals surface area contributed by atoms with E-state index in [1.54, 1.807) is 7.11 Å². The van der Waals surface area contributed by atoms with E-state index in [0.29, 0.717) is 17.3 Å². The zero-order chi connectivity index (χ0) is 12.4. The first-order valence-electron chi connectivity index (χ1n) is 5.24. The number of hydrogen-bond donors (Lipinski definition) is 1. The Balaban J connectivity index is 2.45. The molecule has 0 amide bonds. The third kappa shape index (κ3) is 2.28. The number of methoxy groups -OCH3 is 1. The molecule has 4 nitrogen and oxygen atoms in total. The van der Waals surface area contributed by atoms with Crippen molar-refractivity contribution >= 4 is 11.6 Å². The quantitative estimate of drug-likeness (QED) is 0.911. The van der Waals surface area contributed by atoms with Crippen molar-refractivity contribution in [2.45, 2.75) is 13.5 Å². The van der Waals surface area contributed by atoms with Gasteiger partial charge in [0, 0.05) is 18.4 Å². The lowest BCUT2D eigenvalue weighted by Crippen LogP contribution is -1.96. The number of aryl methyl sites for hydroxylation is 1. The maximum Gasteiger partial charge on any atom is 0.137 e. The van der Waals surface area contributed by atoms with Crippen molar-refractivity contribution in [2.24, 2.45) is 5.73 Å². The van der Waals surface area contributed by atoms with Crippen LogP contribution < -0.4 is 10.5 Å². The summed E-state index contributed by atoms with van der Waals surface area (Å²) >= 11 is 6.09. The van der Waals surface area contributed by atoms with Gasteiger partial charge in [-0.2, -0.15) is 0 Å². The molecule has 1 heterocycles. The SMILES string of the molecule is COc1ccc(-n2cc(CN)nc2C)cc1Cl. The summed E-state index contributed by atoms with van der Waals surface area (Å²) in [6.45, 7) is 2.36. The van der Waals surface area contributed by atoms with Gasteiger partial charge in [-0.05, 0) is 25.1 Å². The van der Waals surface area contributed by atoms with Crippen molar-refractivity contribution in [3.05, 3.63) is 40.9 Å². The Morgan fingerprint density at radius 2 is 2.24 bits per heavy atom. The fourth-order valence-electron chi connectivity index (χ4n) is 1.70. The number of halogens is 1. The minimum atomic E-state index is 0.428. The molecule has 17 heavy (non-hydrogen) atoms. The van der Waals surface area contributed by atoms with Crippen LogP contribution in [0, 0.1) is 6.92 Å². The van der Waals surface area contributed by atoms with Gasteiger partial charge in [-0.15, -0.1) is 0 Å². The van der Waals surface area contributed by atoms with E-state index in [1.807, 2.05) is 35.9 Å². The standard InChI is InChI=1S/C12H14ClN3O/c1-8-15-9(6-14)7-16(8)10-3-4-12(17-2)11(13)5-10/h3-5,7H,6,14H2,1-2H3. The molecule has 0 aliphatic rings. The minimum absolute atomic E-state index is 0.428. The molecule has 0 fully saturated rings. The maximum absolute atomic E-state index is 6.09. The van der Waals surface area contributed by atoms with Crippen LogP contribution in [-0.2, 0) is 6.54 Å². The van der Waals surface area contributed by atoms with Crippen molar-refractivity contribution in [3.63, 3.8) is 0 Å². The van der Waals surface area contributed by atoms with Crippen LogP contribution in [0.15, 0.2) is 24.4 Å². The highest BCUT2D eigenvalue weighted by Crippen LogP contribution is 2.27. The molecule has 0 aliphatic carbocycles. The number of nitrogens with zero attached hydrogens (tertiary/aromatic N) is 2. The molecule has 1 aromatic heterocycles. The summed E-state index contributed by atoms with van der Waals surface area (Å²) in [5.74, 6) is 1.54. The molecule has 2 rings (SSSR count). The van der Waals surface area contributed by atoms with Gasteiger partial charge >= 0.3 is 0 Å². The van der Waals surface area contributed by atoms with Gasteiger partial charge in [0.05, 0.1) is 17.8 Å². The Morgan fingerprint density at radius 3 is 2.76 bits per heavy atom. The van der Waals surface area contributed by atoms with Crippen LogP contribution in [0.1, 0.15) is 11.5 Å². The number of hydrogen-bond acceptors (Lipinski definition) is 3. The highest BCUT2D eigenvalue weighted by atomic mass is 35.5. The molecule has 0 spiro atoms. The number of rotatable bonds is 3. The molecule has 0 unspecified atom stereocenters. The summed E-state index contributed by atoms with van der Waals surface area (Å²) in [6, 6.07) is 5.61. The lowest BCUT2D eigenvalue weighted by molar-refractivity contribution is 0.415. The van der Waals surface area contributed by atoms with Crippen molar-refractivity contribution < 1.29 is 4.74 Å². The Morgan fingerprint density at radius 1 is 1.47 bits per heavy atom. The van der Waals surface area contributed by atoms with Gasteiger partial charge in [-0.25, -0.2) is 4.98 Å². The van der Waals surface area contributed by atoms with Crippen molar-refractivity contribution in [1.29, 1.82) is 0 Å². The van der Waals surface area contributed by atoms with Crippen LogP contribution in [0.5, 0.6) is 5.75 Å². The van der Waals surface area contributed by atoms with E-state index < -0.39 is 0 Å². The smallest absolute Gasteiger partial charge is 0.137 e. The third-order valence-corrected chi connectivity index (χ3v) is 2.85. The minimum Gasteiger partial charge on any atom is -0.495 e. The average Bonchev–Trinajstić information content (AvgIpc) is 2.70. The molecule has 0 aliphatic heterocycles.